The summed E-state index contributed by atoms with van der Waals surface area (Å²) >= 11 is 3.08. The number of aliphatic hydroxyl groups excluding tert-OH is 2. The Hall–Kier alpha value is -2.57. The fourth-order valence-corrected chi connectivity index (χ4v) is 4.79. The van der Waals surface area contributed by atoms with E-state index in [1.165, 1.54) is 0 Å². The van der Waals surface area contributed by atoms with Gasteiger partial charge in [0.1, 0.15) is 12.2 Å². The monoisotopic (exact) mass is 406 g/mol. The van der Waals surface area contributed by atoms with E-state index in [0.29, 0.717) is 11.1 Å². The average molecular weight is 407 g/mol. The minimum Gasteiger partial charge on any atom is -0.380 e. The highest BCUT2D eigenvalue weighted by Crippen LogP contribution is 2.36. The molecule has 0 aliphatic heterocycles. The minimum absolute atomic E-state index is 0.502. The first-order valence-corrected chi connectivity index (χ1v) is 10.6. The van der Waals surface area contributed by atoms with Crippen LogP contribution < -0.4 is 0 Å². The molecule has 0 saturated carbocycles. The normalized spacial score (nSPS) is 13.2. The maximum Gasteiger partial charge on any atom is 0.198 e. The topological polar surface area (TPSA) is 57.5 Å². The molecule has 140 valence electrons. The van der Waals surface area contributed by atoms with Crippen LogP contribution in [0.1, 0.15) is 23.3 Å². The van der Waals surface area contributed by atoms with E-state index in [9.17, 15) is 15.0 Å². The lowest BCUT2D eigenvalue weighted by Gasteiger charge is -2.19. The van der Waals surface area contributed by atoms with Crippen LogP contribution in [-0.4, -0.2) is 16.0 Å². The second-order valence-corrected chi connectivity index (χ2v) is 8.23. The molecule has 0 aliphatic carbocycles. The number of aliphatic hydroxyl groups is 2. The number of carbonyl (C=O) groups excluding carboxylic acids is 1. The zero-order valence-electron chi connectivity index (χ0n) is 14.9. The summed E-state index contributed by atoms with van der Waals surface area (Å²) in [6.07, 6.45) is -2.82. The number of hydrogen-bond acceptors (Lipinski definition) is 5. The predicted molar refractivity (Wildman–Crippen MR) is 114 cm³/mol. The van der Waals surface area contributed by atoms with Crippen molar-refractivity contribution in [2.75, 3.05) is 0 Å². The van der Waals surface area contributed by atoms with Gasteiger partial charge in [0.25, 0.3) is 0 Å². The number of rotatable bonds is 6. The van der Waals surface area contributed by atoms with E-state index in [-0.39, 0.29) is 0 Å². The standard InChI is InChI=1S/C23H18O3S2/c24-21(17-9-3-1-7-15(17)19-11-5-13-27-19)23(26)22(25)18-10-4-2-8-16(18)20-12-6-14-28-20/h1-14,21-22,24-25H. The first-order chi connectivity index (χ1) is 13.7. The van der Waals surface area contributed by atoms with Crippen molar-refractivity contribution >= 4 is 28.5 Å². The molecule has 0 spiro atoms. The molecule has 0 radical (unpaired) electrons. The van der Waals surface area contributed by atoms with E-state index in [1.807, 2.05) is 59.3 Å². The van der Waals surface area contributed by atoms with Crippen molar-refractivity contribution in [1.29, 1.82) is 0 Å². The van der Waals surface area contributed by atoms with Gasteiger partial charge in [0.05, 0.1) is 0 Å². The zero-order valence-corrected chi connectivity index (χ0v) is 16.5. The molecule has 4 rings (SSSR count). The van der Waals surface area contributed by atoms with Gasteiger partial charge in [0.15, 0.2) is 5.78 Å². The zero-order chi connectivity index (χ0) is 19.5. The Kier molecular flexibility index (Phi) is 5.50. The van der Waals surface area contributed by atoms with Crippen LogP contribution >= 0.6 is 22.7 Å². The molecule has 2 atom stereocenters. The van der Waals surface area contributed by atoms with Crippen LogP contribution in [0.5, 0.6) is 0 Å². The molecule has 0 fully saturated rings. The summed E-state index contributed by atoms with van der Waals surface area (Å²) in [6, 6.07) is 22.3. The van der Waals surface area contributed by atoms with Crippen molar-refractivity contribution < 1.29 is 15.0 Å². The summed E-state index contributed by atoms with van der Waals surface area (Å²) in [4.78, 5) is 14.9. The van der Waals surface area contributed by atoms with Gasteiger partial charge in [-0.15, -0.1) is 22.7 Å². The number of benzene rings is 2. The summed E-state index contributed by atoms with van der Waals surface area (Å²) in [7, 11) is 0. The summed E-state index contributed by atoms with van der Waals surface area (Å²) in [5.74, 6) is -0.631. The highest BCUT2D eigenvalue weighted by molar-refractivity contribution is 7.13. The summed E-state index contributed by atoms with van der Waals surface area (Å²) in [6.45, 7) is 0. The SMILES string of the molecule is O=C(C(O)c1ccccc1-c1cccs1)C(O)c1ccccc1-c1cccs1. The van der Waals surface area contributed by atoms with Crippen molar-refractivity contribution in [1.82, 2.24) is 0 Å². The Labute approximate surface area is 171 Å². The van der Waals surface area contributed by atoms with Gasteiger partial charge >= 0.3 is 0 Å². The number of Topliss-reactive ketones (excluding diaryl/α,β-unsaturated/α-hetero) is 1. The molecular formula is C23H18O3S2. The van der Waals surface area contributed by atoms with Gasteiger partial charge < -0.3 is 10.2 Å². The van der Waals surface area contributed by atoms with Crippen LogP contribution in [0.25, 0.3) is 20.9 Å². The third-order valence-electron chi connectivity index (χ3n) is 4.62. The first kappa shape index (κ1) is 18.8. The smallest absolute Gasteiger partial charge is 0.198 e. The molecule has 4 aromatic rings. The van der Waals surface area contributed by atoms with E-state index >= 15 is 0 Å². The molecule has 0 amide bonds. The molecule has 0 bridgehead atoms. The van der Waals surface area contributed by atoms with Gasteiger partial charge in [-0.3, -0.25) is 4.79 Å². The second-order valence-electron chi connectivity index (χ2n) is 6.34. The molecule has 2 aromatic carbocycles. The molecule has 2 heterocycles. The lowest BCUT2D eigenvalue weighted by Crippen LogP contribution is -2.21. The van der Waals surface area contributed by atoms with Gasteiger partial charge in [-0.1, -0.05) is 60.7 Å². The molecule has 28 heavy (non-hydrogen) atoms. The number of ketones is 1. The van der Waals surface area contributed by atoms with Gasteiger partial charge in [-0.05, 0) is 45.1 Å². The number of hydrogen-bond donors (Lipinski definition) is 2. The third-order valence-corrected chi connectivity index (χ3v) is 6.43. The van der Waals surface area contributed by atoms with E-state index < -0.39 is 18.0 Å². The van der Waals surface area contributed by atoms with Crippen LogP contribution in [0.15, 0.2) is 83.6 Å². The molecule has 2 unspecified atom stereocenters. The van der Waals surface area contributed by atoms with Gasteiger partial charge in [-0.25, -0.2) is 0 Å². The molecule has 2 aromatic heterocycles. The van der Waals surface area contributed by atoms with Crippen LogP contribution in [0.3, 0.4) is 0 Å². The third kappa shape index (κ3) is 3.57. The van der Waals surface area contributed by atoms with Crippen LogP contribution in [0, 0.1) is 0 Å². The van der Waals surface area contributed by atoms with Gasteiger partial charge in [0, 0.05) is 9.75 Å². The van der Waals surface area contributed by atoms with E-state index in [2.05, 4.69) is 0 Å². The van der Waals surface area contributed by atoms with Crippen molar-refractivity contribution in [3.63, 3.8) is 0 Å². The summed E-state index contributed by atoms with van der Waals surface area (Å²) in [5.41, 5.74) is 2.61. The molecule has 2 N–H and O–H groups in total. The first-order valence-electron chi connectivity index (χ1n) is 8.82. The Bertz CT molecular complexity index is 983. The van der Waals surface area contributed by atoms with E-state index in [4.69, 9.17) is 0 Å². The minimum atomic E-state index is -1.41. The van der Waals surface area contributed by atoms with E-state index in [0.717, 1.165) is 20.9 Å². The maximum atomic E-state index is 13.0. The van der Waals surface area contributed by atoms with Crippen LogP contribution in [0.4, 0.5) is 0 Å². The van der Waals surface area contributed by atoms with Crippen molar-refractivity contribution in [3.8, 4) is 20.9 Å². The van der Waals surface area contributed by atoms with Gasteiger partial charge in [-0.2, -0.15) is 0 Å². The van der Waals surface area contributed by atoms with Crippen LogP contribution in [-0.2, 0) is 4.79 Å². The predicted octanol–water partition coefficient (Wildman–Crippen LogP) is 5.48. The highest BCUT2D eigenvalue weighted by atomic mass is 32.1. The van der Waals surface area contributed by atoms with E-state index in [1.54, 1.807) is 46.9 Å². The second kappa shape index (κ2) is 8.20. The fourth-order valence-electron chi connectivity index (χ4n) is 3.24. The number of carbonyl (C=O) groups is 1. The molecule has 3 nitrogen and oxygen atoms in total. The van der Waals surface area contributed by atoms with Gasteiger partial charge in [0.2, 0.25) is 0 Å². The molecule has 0 saturated heterocycles. The summed E-state index contributed by atoms with van der Waals surface area (Å²) in [5, 5.41) is 25.5. The summed E-state index contributed by atoms with van der Waals surface area (Å²) < 4.78 is 0. The fraction of sp³-hybridized carbons (Fsp3) is 0.0870. The van der Waals surface area contributed by atoms with Crippen LogP contribution in [0.2, 0.25) is 0 Å². The maximum absolute atomic E-state index is 13.0. The van der Waals surface area contributed by atoms with Crippen molar-refractivity contribution in [3.05, 3.63) is 94.7 Å². The molecular weight excluding hydrogens is 388 g/mol. The lowest BCUT2D eigenvalue weighted by molar-refractivity contribution is -0.136. The van der Waals surface area contributed by atoms with Crippen molar-refractivity contribution in [2.45, 2.75) is 12.2 Å². The molecule has 5 heteroatoms. The number of thiophene rings is 2. The van der Waals surface area contributed by atoms with Crippen molar-refractivity contribution in [2.24, 2.45) is 0 Å². The molecule has 0 aliphatic rings. The Morgan fingerprint density at radius 3 is 1.46 bits per heavy atom. The average Bonchev–Trinajstić information content (AvgIpc) is 3.46. The Morgan fingerprint density at radius 1 is 0.643 bits per heavy atom. The quantitative estimate of drug-likeness (QED) is 0.446. The Morgan fingerprint density at radius 2 is 1.07 bits per heavy atom. The lowest BCUT2D eigenvalue weighted by atomic mass is 9.91. The Balaban J connectivity index is 1.68. The largest absolute Gasteiger partial charge is 0.380 e. The highest BCUT2D eigenvalue weighted by Gasteiger charge is 2.29.